The van der Waals surface area contributed by atoms with Crippen LogP contribution in [0.15, 0.2) is 76.7 Å². The van der Waals surface area contributed by atoms with Gasteiger partial charge in [0, 0.05) is 18.0 Å². The van der Waals surface area contributed by atoms with Crippen LogP contribution >= 0.6 is 23.4 Å². The SMILES string of the molecule is O=C(Nc1ccc(Cl)cn1)C1CSc2c(C3CC3)c(Cc3cccc4ccccc34)cc(=O)n21. The minimum atomic E-state index is -0.561. The van der Waals surface area contributed by atoms with Crippen LogP contribution in [0.25, 0.3) is 10.8 Å². The Bertz CT molecular complexity index is 1470. The second-order valence-corrected chi connectivity index (χ2v) is 10.3. The number of pyridine rings is 2. The van der Waals surface area contributed by atoms with Crippen LogP contribution in [0.3, 0.4) is 0 Å². The molecule has 2 aliphatic rings. The van der Waals surface area contributed by atoms with Gasteiger partial charge in [0.05, 0.1) is 10.0 Å². The van der Waals surface area contributed by atoms with E-state index in [1.54, 1.807) is 34.5 Å². The highest BCUT2D eigenvalue weighted by molar-refractivity contribution is 7.99. The van der Waals surface area contributed by atoms with Crippen molar-refractivity contribution in [2.75, 3.05) is 11.1 Å². The zero-order valence-electron chi connectivity index (χ0n) is 18.3. The van der Waals surface area contributed by atoms with Crippen LogP contribution in [0.5, 0.6) is 0 Å². The third-order valence-electron chi connectivity index (χ3n) is 6.55. The number of carbonyl (C=O) groups is 1. The smallest absolute Gasteiger partial charge is 0.252 e. The maximum absolute atomic E-state index is 13.3. The van der Waals surface area contributed by atoms with Crippen LogP contribution < -0.4 is 10.9 Å². The van der Waals surface area contributed by atoms with Gasteiger partial charge in [-0.3, -0.25) is 14.2 Å². The van der Waals surface area contributed by atoms with Crippen molar-refractivity contribution in [3.63, 3.8) is 0 Å². The molecule has 1 fully saturated rings. The number of nitrogens with zero attached hydrogens (tertiary/aromatic N) is 2. The van der Waals surface area contributed by atoms with Gasteiger partial charge in [0.25, 0.3) is 5.56 Å². The molecule has 0 saturated heterocycles. The molecule has 2 aromatic heterocycles. The maximum Gasteiger partial charge on any atom is 0.252 e. The summed E-state index contributed by atoms with van der Waals surface area (Å²) in [6.45, 7) is 0. The number of anilines is 1. The monoisotopic (exact) mass is 487 g/mol. The lowest BCUT2D eigenvalue weighted by Gasteiger charge is -2.18. The van der Waals surface area contributed by atoms with E-state index in [0.29, 0.717) is 28.9 Å². The third kappa shape index (κ3) is 3.91. The van der Waals surface area contributed by atoms with E-state index in [0.717, 1.165) is 23.4 Å². The van der Waals surface area contributed by atoms with E-state index in [-0.39, 0.29) is 11.5 Å². The second-order valence-electron chi connectivity index (χ2n) is 8.86. The predicted molar refractivity (Wildman–Crippen MR) is 137 cm³/mol. The summed E-state index contributed by atoms with van der Waals surface area (Å²) >= 11 is 7.51. The first-order valence-corrected chi connectivity index (χ1v) is 12.7. The number of halogens is 1. The minimum Gasteiger partial charge on any atom is -0.309 e. The normalized spacial score (nSPS) is 17.0. The van der Waals surface area contributed by atoms with Gasteiger partial charge in [-0.1, -0.05) is 54.1 Å². The van der Waals surface area contributed by atoms with E-state index in [1.807, 2.05) is 6.07 Å². The fraction of sp³-hybridized carbons (Fsp3) is 0.222. The third-order valence-corrected chi connectivity index (χ3v) is 7.94. The molecule has 3 heterocycles. The summed E-state index contributed by atoms with van der Waals surface area (Å²) in [7, 11) is 0. The Balaban J connectivity index is 1.37. The minimum absolute atomic E-state index is 0.121. The van der Waals surface area contributed by atoms with Gasteiger partial charge in [0.15, 0.2) is 0 Å². The van der Waals surface area contributed by atoms with Crippen molar-refractivity contribution in [2.45, 2.75) is 36.2 Å². The molecule has 5 nitrogen and oxygen atoms in total. The summed E-state index contributed by atoms with van der Waals surface area (Å²) in [5.41, 5.74) is 3.43. The Kier molecular flexibility index (Phi) is 5.42. The van der Waals surface area contributed by atoms with Crippen molar-refractivity contribution in [1.82, 2.24) is 9.55 Å². The first-order chi connectivity index (χ1) is 16.6. The van der Waals surface area contributed by atoms with Crippen LogP contribution in [-0.2, 0) is 11.2 Å². The Morgan fingerprint density at radius 1 is 1.09 bits per heavy atom. The molecule has 1 amide bonds. The zero-order valence-corrected chi connectivity index (χ0v) is 19.9. The molecule has 1 aliphatic heterocycles. The first kappa shape index (κ1) is 21.4. The molecule has 1 unspecified atom stereocenters. The van der Waals surface area contributed by atoms with E-state index >= 15 is 0 Å². The molecule has 170 valence electrons. The molecule has 0 bridgehead atoms. The Hall–Kier alpha value is -3.09. The van der Waals surface area contributed by atoms with Crippen LogP contribution in [0.2, 0.25) is 5.02 Å². The molecular formula is C27H22ClN3O2S. The number of fused-ring (bicyclic) bond motifs is 2. The fourth-order valence-corrected chi connectivity index (χ4v) is 6.34. The van der Waals surface area contributed by atoms with Gasteiger partial charge in [-0.25, -0.2) is 4.98 Å². The van der Waals surface area contributed by atoms with E-state index in [1.165, 1.54) is 28.1 Å². The van der Waals surface area contributed by atoms with Crippen molar-refractivity contribution >= 4 is 45.9 Å². The van der Waals surface area contributed by atoms with Gasteiger partial charge in [-0.05, 0) is 64.8 Å². The van der Waals surface area contributed by atoms with Gasteiger partial charge in [-0.2, -0.15) is 0 Å². The summed E-state index contributed by atoms with van der Waals surface area (Å²) in [6.07, 6.45) is 4.45. The quantitative estimate of drug-likeness (QED) is 0.386. The van der Waals surface area contributed by atoms with Gasteiger partial charge < -0.3 is 5.32 Å². The van der Waals surface area contributed by atoms with Crippen molar-refractivity contribution in [2.24, 2.45) is 0 Å². The summed E-state index contributed by atoms with van der Waals surface area (Å²) in [5.74, 6) is 1.19. The summed E-state index contributed by atoms with van der Waals surface area (Å²) in [4.78, 5) is 30.6. The molecule has 2 aromatic carbocycles. The topological polar surface area (TPSA) is 64.0 Å². The number of hydrogen-bond acceptors (Lipinski definition) is 4. The Labute approximate surface area is 206 Å². The molecule has 1 aliphatic carbocycles. The summed E-state index contributed by atoms with van der Waals surface area (Å²) in [6, 6.07) is 19.2. The molecule has 7 heteroatoms. The number of aromatic nitrogens is 2. The van der Waals surface area contributed by atoms with Crippen molar-refractivity contribution < 1.29 is 4.79 Å². The van der Waals surface area contributed by atoms with Crippen molar-refractivity contribution in [3.05, 3.63) is 98.9 Å². The predicted octanol–water partition coefficient (Wildman–Crippen LogP) is 5.80. The number of thioether (sulfide) groups is 1. The first-order valence-electron chi connectivity index (χ1n) is 11.4. The number of rotatable bonds is 5. The highest BCUT2D eigenvalue weighted by Crippen LogP contribution is 2.48. The second kappa shape index (κ2) is 8.60. The van der Waals surface area contributed by atoms with Crippen LogP contribution in [-0.4, -0.2) is 21.2 Å². The van der Waals surface area contributed by atoms with E-state index in [9.17, 15) is 9.59 Å². The summed E-state index contributed by atoms with van der Waals surface area (Å²) < 4.78 is 1.69. The average molecular weight is 488 g/mol. The number of nitrogens with one attached hydrogen (secondary N) is 1. The van der Waals surface area contributed by atoms with Gasteiger partial charge in [-0.15, -0.1) is 11.8 Å². The lowest BCUT2D eigenvalue weighted by atomic mass is 9.95. The Morgan fingerprint density at radius 2 is 1.91 bits per heavy atom. The van der Waals surface area contributed by atoms with Crippen LogP contribution in [0, 0.1) is 0 Å². The fourth-order valence-electron chi connectivity index (χ4n) is 4.80. The largest absolute Gasteiger partial charge is 0.309 e. The van der Waals surface area contributed by atoms with E-state index in [2.05, 4.69) is 46.7 Å². The summed E-state index contributed by atoms with van der Waals surface area (Å²) in [5, 5.41) is 6.71. The lowest BCUT2D eigenvalue weighted by molar-refractivity contribution is -0.118. The highest BCUT2D eigenvalue weighted by atomic mass is 35.5. The Morgan fingerprint density at radius 3 is 2.71 bits per heavy atom. The average Bonchev–Trinajstić information content (AvgIpc) is 3.57. The van der Waals surface area contributed by atoms with Crippen molar-refractivity contribution in [1.29, 1.82) is 0 Å². The van der Waals surface area contributed by atoms with Gasteiger partial charge >= 0.3 is 0 Å². The lowest BCUT2D eigenvalue weighted by Crippen LogP contribution is -2.33. The van der Waals surface area contributed by atoms with E-state index < -0.39 is 6.04 Å². The molecule has 1 atom stereocenters. The van der Waals surface area contributed by atoms with Crippen LogP contribution in [0.4, 0.5) is 5.82 Å². The number of benzene rings is 2. The number of hydrogen-bond donors (Lipinski definition) is 1. The van der Waals surface area contributed by atoms with E-state index in [4.69, 9.17) is 11.6 Å². The van der Waals surface area contributed by atoms with Gasteiger partial charge in [0.1, 0.15) is 11.9 Å². The van der Waals surface area contributed by atoms with Crippen LogP contribution in [0.1, 0.15) is 41.5 Å². The molecule has 34 heavy (non-hydrogen) atoms. The number of amides is 1. The molecule has 6 rings (SSSR count). The van der Waals surface area contributed by atoms with Gasteiger partial charge in [0.2, 0.25) is 5.91 Å². The van der Waals surface area contributed by atoms with Crippen molar-refractivity contribution in [3.8, 4) is 0 Å². The molecular weight excluding hydrogens is 466 g/mol. The number of carbonyl (C=O) groups excluding carboxylic acids is 1. The molecule has 4 aromatic rings. The standard InChI is InChI=1S/C27H22ClN3O2S/c28-20-10-11-23(29-14-20)30-26(33)22-15-34-27-25(17-8-9-17)19(13-24(32)31(22)27)12-18-6-3-5-16-4-1-2-7-21(16)18/h1-7,10-11,13-14,17,22H,8-9,12,15H2,(H,29,30,33). The molecule has 1 N–H and O–H groups in total. The molecule has 0 spiro atoms. The maximum atomic E-state index is 13.3. The zero-order chi connectivity index (χ0) is 23.2. The highest BCUT2D eigenvalue weighted by Gasteiger charge is 2.37. The molecule has 0 radical (unpaired) electrons. The molecule has 1 saturated carbocycles.